The summed E-state index contributed by atoms with van der Waals surface area (Å²) in [6.45, 7) is 7.27. The van der Waals surface area contributed by atoms with Gasteiger partial charge in [0.05, 0.1) is 16.7 Å². The molecule has 118 valence electrons. The first-order valence-electron chi connectivity index (χ1n) is 7.41. The average molecular weight is 310 g/mol. The molecule has 2 aromatic heterocycles. The van der Waals surface area contributed by atoms with Gasteiger partial charge in [0.2, 0.25) is 0 Å². The van der Waals surface area contributed by atoms with Gasteiger partial charge in [-0.2, -0.15) is 0 Å². The maximum atomic E-state index is 12.7. The summed E-state index contributed by atoms with van der Waals surface area (Å²) in [4.78, 5) is 28.1. The van der Waals surface area contributed by atoms with Crippen molar-refractivity contribution in [3.8, 4) is 0 Å². The molecule has 1 aromatic carbocycles. The number of nitrogens with zero attached hydrogens (tertiary/aromatic N) is 2. The van der Waals surface area contributed by atoms with Crippen LogP contribution in [0.4, 0.5) is 4.79 Å². The van der Waals surface area contributed by atoms with Crippen LogP contribution in [0.25, 0.3) is 21.8 Å². The number of benzene rings is 1. The Morgan fingerprint density at radius 1 is 1.22 bits per heavy atom. The van der Waals surface area contributed by atoms with Crippen molar-refractivity contribution in [1.29, 1.82) is 0 Å². The normalized spacial score (nSPS) is 11.8. The third-order valence-corrected chi connectivity index (χ3v) is 3.54. The first-order valence-corrected chi connectivity index (χ1v) is 7.41. The molecule has 3 rings (SSSR count). The van der Waals surface area contributed by atoms with Gasteiger partial charge in [0.1, 0.15) is 11.3 Å². The van der Waals surface area contributed by atoms with Gasteiger partial charge in [-0.1, -0.05) is 18.2 Å². The molecule has 0 amide bonds. The Bertz CT molecular complexity index is 933. The van der Waals surface area contributed by atoms with Gasteiger partial charge in [-0.05, 0) is 39.8 Å². The molecule has 2 heterocycles. The molecule has 0 bridgehead atoms. The molecule has 5 heteroatoms. The number of carbonyl (C=O) groups is 2. The summed E-state index contributed by atoms with van der Waals surface area (Å²) in [6.07, 6.45) is 0.263. The number of ether oxygens (including phenoxy) is 1. The third-order valence-electron chi connectivity index (χ3n) is 3.54. The number of aldehydes is 1. The molecule has 5 nitrogen and oxygen atoms in total. The second-order valence-corrected chi connectivity index (χ2v) is 6.48. The van der Waals surface area contributed by atoms with Crippen LogP contribution in [0.2, 0.25) is 0 Å². The minimum atomic E-state index is -0.598. The fourth-order valence-corrected chi connectivity index (χ4v) is 2.75. The van der Waals surface area contributed by atoms with Gasteiger partial charge in [-0.25, -0.2) is 14.3 Å². The van der Waals surface area contributed by atoms with E-state index in [2.05, 4.69) is 4.98 Å². The van der Waals surface area contributed by atoms with Gasteiger partial charge in [0.15, 0.2) is 6.29 Å². The SMILES string of the molecule is Cc1nc(C=O)cc2c3ccccc3n(C(=O)OC(C)(C)C)c12. The number of para-hydroxylation sites is 1. The fourth-order valence-electron chi connectivity index (χ4n) is 2.75. The van der Waals surface area contributed by atoms with Gasteiger partial charge in [-0.15, -0.1) is 0 Å². The van der Waals surface area contributed by atoms with E-state index in [0.29, 0.717) is 23.2 Å². The van der Waals surface area contributed by atoms with E-state index in [1.54, 1.807) is 13.0 Å². The second-order valence-electron chi connectivity index (χ2n) is 6.48. The van der Waals surface area contributed by atoms with Crippen molar-refractivity contribution in [1.82, 2.24) is 9.55 Å². The molecular weight excluding hydrogens is 292 g/mol. The summed E-state index contributed by atoms with van der Waals surface area (Å²) in [5, 5.41) is 1.71. The first-order chi connectivity index (χ1) is 10.8. The second kappa shape index (κ2) is 5.19. The van der Waals surface area contributed by atoms with Gasteiger partial charge in [-0.3, -0.25) is 4.79 Å². The highest BCUT2D eigenvalue weighted by Gasteiger charge is 2.23. The van der Waals surface area contributed by atoms with Crippen LogP contribution < -0.4 is 0 Å². The molecule has 0 atom stereocenters. The molecular formula is C18H18N2O3. The number of hydrogen-bond donors (Lipinski definition) is 0. The van der Waals surface area contributed by atoms with Crippen LogP contribution in [0.15, 0.2) is 30.3 Å². The molecule has 0 spiro atoms. The van der Waals surface area contributed by atoms with E-state index in [9.17, 15) is 9.59 Å². The zero-order valence-corrected chi connectivity index (χ0v) is 13.6. The highest BCUT2D eigenvalue weighted by molar-refractivity contribution is 6.13. The molecule has 23 heavy (non-hydrogen) atoms. The van der Waals surface area contributed by atoms with Crippen LogP contribution in [-0.4, -0.2) is 27.5 Å². The summed E-state index contributed by atoms with van der Waals surface area (Å²) in [6, 6.07) is 9.26. The van der Waals surface area contributed by atoms with E-state index in [1.165, 1.54) is 4.57 Å². The molecule has 3 aromatic rings. The Kier molecular flexibility index (Phi) is 3.43. The number of fused-ring (bicyclic) bond motifs is 3. The van der Waals surface area contributed by atoms with Gasteiger partial charge >= 0.3 is 6.09 Å². The standard InChI is InChI=1S/C18H18N2O3/c1-11-16-14(9-12(10-21)19-11)13-7-5-6-8-15(13)20(16)17(22)23-18(2,3)4/h5-10H,1-4H3. The van der Waals surface area contributed by atoms with Crippen LogP contribution in [-0.2, 0) is 4.74 Å². The molecule has 0 aliphatic heterocycles. The Hall–Kier alpha value is -2.69. The van der Waals surface area contributed by atoms with Crippen LogP contribution >= 0.6 is 0 Å². The smallest absolute Gasteiger partial charge is 0.419 e. The topological polar surface area (TPSA) is 61.2 Å². The van der Waals surface area contributed by atoms with E-state index in [0.717, 1.165) is 16.3 Å². The van der Waals surface area contributed by atoms with Crippen LogP contribution in [0, 0.1) is 6.92 Å². The van der Waals surface area contributed by atoms with Crippen molar-refractivity contribution in [3.63, 3.8) is 0 Å². The lowest BCUT2D eigenvalue weighted by atomic mass is 10.1. The van der Waals surface area contributed by atoms with Gasteiger partial charge in [0, 0.05) is 10.8 Å². The fraction of sp³-hybridized carbons (Fsp3) is 0.278. The molecule has 0 unspecified atom stereocenters. The monoisotopic (exact) mass is 310 g/mol. The summed E-state index contributed by atoms with van der Waals surface area (Å²) >= 11 is 0. The van der Waals surface area contributed by atoms with Crippen LogP contribution in [0.5, 0.6) is 0 Å². The Balaban J connectivity index is 2.39. The minimum Gasteiger partial charge on any atom is -0.443 e. The Labute approximate surface area is 133 Å². The number of rotatable bonds is 1. The molecule has 0 saturated carbocycles. The number of aromatic nitrogens is 2. The lowest BCUT2D eigenvalue weighted by Gasteiger charge is -2.20. The molecule has 0 fully saturated rings. The van der Waals surface area contributed by atoms with Crippen molar-refractivity contribution in [3.05, 3.63) is 41.7 Å². The van der Waals surface area contributed by atoms with Crippen molar-refractivity contribution in [2.75, 3.05) is 0 Å². The number of hydrogen-bond acceptors (Lipinski definition) is 4. The Morgan fingerprint density at radius 3 is 2.57 bits per heavy atom. The molecule has 0 aliphatic carbocycles. The summed E-state index contributed by atoms with van der Waals surface area (Å²) in [5.74, 6) is 0. The van der Waals surface area contributed by atoms with Crippen LogP contribution in [0.3, 0.4) is 0 Å². The minimum absolute atomic E-state index is 0.349. The molecule has 0 saturated heterocycles. The van der Waals surface area contributed by atoms with E-state index in [-0.39, 0.29) is 0 Å². The van der Waals surface area contributed by atoms with Gasteiger partial charge in [0.25, 0.3) is 0 Å². The maximum Gasteiger partial charge on any atom is 0.419 e. The van der Waals surface area contributed by atoms with Crippen molar-refractivity contribution < 1.29 is 14.3 Å². The van der Waals surface area contributed by atoms with E-state index >= 15 is 0 Å². The number of carbonyl (C=O) groups excluding carboxylic acids is 2. The molecule has 0 N–H and O–H groups in total. The summed E-state index contributed by atoms with van der Waals surface area (Å²) in [5.41, 5.74) is 1.78. The molecule has 0 aliphatic rings. The number of pyridine rings is 1. The van der Waals surface area contributed by atoms with Crippen LogP contribution in [0.1, 0.15) is 37.0 Å². The van der Waals surface area contributed by atoms with E-state index < -0.39 is 11.7 Å². The van der Waals surface area contributed by atoms with E-state index in [1.807, 2.05) is 45.0 Å². The number of aryl methyl sites for hydroxylation is 1. The zero-order valence-electron chi connectivity index (χ0n) is 13.6. The van der Waals surface area contributed by atoms with Crippen molar-refractivity contribution >= 4 is 34.2 Å². The zero-order chi connectivity index (χ0) is 16.8. The highest BCUT2D eigenvalue weighted by Crippen LogP contribution is 2.31. The summed E-state index contributed by atoms with van der Waals surface area (Å²) < 4.78 is 7.07. The quantitative estimate of drug-likeness (QED) is 0.635. The predicted molar refractivity (Wildman–Crippen MR) is 89.0 cm³/mol. The van der Waals surface area contributed by atoms with Crippen molar-refractivity contribution in [2.24, 2.45) is 0 Å². The first kappa shape index (κ1) is 15.2. The predicted octanol–water partition coefficient (Wildman–Crippen LogP) is 4.09. The van der Waals surface area contributed by atoms with Crippen molar-refractivity contribution in [2.45, 2.75) is 33.3 Å². The largest absolute Gasteiger partial charge is 0.443 e. The average Bonchev–Trinajstić information content (AvgIpc) is 2.80. The Morgan fingerprint density at radius 2 is 1.91 bits per heavy atom. The summed E-state index contributed by atoms with van der Waals surface area (Å²) in [7, 11) is 0. The lowest BCUT2D eigenvalue weighted by Crippen LogP contribution is -2.27. The highest BCUT2D eigenvalue weighted by atomic mass is 16.6. The lowest BCUT2D eigenvalue weighted by molar-refractivity contribution is 0.0551. The molecule has 0 radical (unpaired) electrons. The maximum absolute atomic E-state index is 12.7. The van der Waals surface area contributed by atoms with Gasteiger partial charge < -0.3 is 4.74 Å². The van der Waals surface area contributed by atoms with E-state index in [4.69, 9.17) is 4.74 Å². The third kappa shape index (κ3) is 2.59.